The van der Waals surface area contributed by atoms with Crippen LogP contribution in [0, 0.1) is 12.9 Å². The van der Waals surface area contributed by atoms with Gasteiger partial charge in [-0.25, -0.2) is 4.98 Å². The molecule has 0 saturated carbocycles. The number of nitrogens with zero attached hydrogens (tertiary/aromatic N) is 1. The second-order valence-electron chi connectivity index (χ2n) is 4.21. The minimum atomic E-state index is -1.22. The molecule has 0 bridgehead atoms. The average molecular weight is 285 g/mol. The van der Waals surface area contributed by atoms with Crippen molar-refractivity contribution in [2.45, 2.75) is 26.3 Å². The van der Waals surface area contributed by atoms with Crippen LogP contribution in [-0.4, -0.2) is 35.1 Å². The molecular weight excluding hydrogens is 269 g/mol. The monoisotopic (exact) mass is 285 g/mol. The Labute approximate surface area is 114 Å². The molecule has 20 heavy (non-hydrogen) atoms. The van der Waals surface area contributed by atoms with Crippen LogP contribution < -0.4 is 15.8 Å². The van der Waals surface area contributed by atoms with Crippen molar-refractivity contribution in [1.82, 2.24) is 4.98 Å². The van der Waals surface area contributed by atoms with Crippen molar-refractivity contribution in [3.05, 3.63) is 17.2 Å². The minimum absolute atomic E-state index is 0.0894. The van der Waals surface area contributed by atoms with Gasteiger partial charge in [-0.15, -0.1) is 0 Å². The van der Waals surface area contributed by atoms with Gasteiger partial charge in [0.1, 0.15) is 17.5 Å². The highest BCUT2D eigenvalue weighted by atomic mass is 19.1. The number of aliphatic carboxylic acids is 1. The Morgan fingerprint density at radius 1 is 1.55 bits per heavy atom. The molecule has 1 rings (SSSR count). The summed E-state index contributed by atoms with van der Waals surface area (Å²) in [5.41, 5.74) is 5.72. The van der Waals surface area contributed by atoms with Gasteiger partial charge in [-0.2, -0.15) is 4.39 Å². The van der Waals surface area contributed by atoms with Crippen LogP contribution in [0.25, 0.3) is 0 Å². The van der Waals surface area contributed by atoms with E-state index >= 15 is 0 Å². The third kappa shape index (κ3) is 3.41. The molecule has 0 aliphatic carbocycles. The lowest BCUT2D eigenvalue weighted by atomic mass is 10.1. The van der Waals surface area contributed by atoms with Crippen molar-refractivity contribution in [2.24, 2.45) is 5.73 Å². The largest absolute Gasteiger partial charge is 0.494 e. The molecule has 0 radical (unpaired) electrons. The van der Waals surface area contributed by atoms with Gasteiger partial charge in [0.25, 0.3) is 0 Å². The number of rotatable bonds is 5. The van der Waals surface area contributed by atoms with Crippen LogP contribution in [0.4, 0.5) is 10.1 Å². The third-order valence-electron chi connectivity index (χ3n) is 2.65. The Kier molecular flexibility index (Phi) is 4.98. The molecule has 0 aliphatic heterocycles. The van der Waals surface area contributed by atoms with Gasteiger partial charge in [0, 0.05) is 18.9 Å². The maximum atomic E-state index is 13.9. The van der Waals surface area contributed by atoms with Crippen LogP contribution in [0.2, 0.25) is 0 Å². The van der Waals surface area contributed by atoms with E-state index in [4.69, 9.17) is 15.6 Å². The van der Waals surface area contributed by atoms with E-state index in [0.717, 1.165) is 0 Å². The first-order valence-corrected chi connectivity index (χ1v) is 5.76. The molecule has 1 aromatic heterocycles. The number of ether oxygens (including phenoxy) is 1. The van der Waals surface area contributed by atoms with Crippen molar-refractivity contribution in [2.75, 3.05) is 12.4 Å². The van der Waals surface area contributed by atoms with E-state index in [9.17, 15) is 14.0 Å². The number of carbonyl (C=O) groups excluding carboxylic acids is 1. The smallest absolute Gasteiger partial charge is 0.320 e. The van der Waals surface area contributed by atoms with Gasteiger partial charge in [0.05, 0.1) is 12.8 Å². The molecule has 7 nitrogen and oxygen atoms in total. The molecule has 1 atom stereocenters. The zero-order valence-electron chi connectivity index (χ0n) is 11.4. The standard InChI is InChI=1S/C12H16FN3O4/c1-5-9(15-6(2)17)11(13)16-8(10(5)20-3)4-7(14)12(18)19/h7H,4,14H2,1-3H3,(H,15,17)(H,18,19). The Balaban J connectivity index is 3.27. The molecular formula is C12H16FN3O4. The predicted octanol–water partition coefficient (Wildman–Crippen LogP) is 0.451. The van der Waals surface area contributed by atoms with Gasteiger partial charge in [0.15, 0.2) is 0 Å². The molecule has 4 N–H and O–H groups in total. The number of hydrogen-bond acceptors (Lipinski definition) is 5. The molecule has 0 fully saturated rings. The fraction of sp³-hybridized carbons (Fsp3) is 0.417. The second kappa shape index (κ2) is 6.29. The van der Waals surface area contributed by atoms with Gasteiger partial charge in [-0.3, -0.25) is 9.59 Å². The van der Waals surface area contributed by atoms with E-state index in [0.29, 0.717) is 5.56 Å². The van der Waals surface area contributed by atoms with Crippen LogP contribution in [0.5, 0.6) is 5.75 Å². The summed E-state index contributed by atoms with van der Waals surface area (Å²) in [5.74, 6) is -2.39. The summed E-state index contributed by atoms with van der Waals surface area (Å²) in [5, 5.41) is 11.1. The molecule has 0 aliphatic rings. The van der Waals surface area contributed by atoms with Crippen molar-refractivity contribution >= 4 is 17.6 Å². The van der Waals surface area contributed by atoms with Gasteiger partial charge in [0.2, 0.25) is 11.9 Å². The molecule has 1 aromatic rings. The number of nitrogens with one attached hydrogen (secondary N) is 1. The molecule has 1 unspecified atom stereocenters. The van der Waals surface area contributed by atoms with Crippen LogP contribution in [-0.2, 0) is 16.0 Å². The minimum Gasteiger partial charge on any atom is -0.494 e. The van der Waals surface area contributed by atoms with Crippen LogP contribution in [0.1, 0.15) is 18.2 Å². The number of amides is 1. The Morgan fingerprint density at radius 2 is 2.15 bits per heavy atom. The normalized spacial score (nSPS) is 11.8. The van der Waals surface area contributed by atoms with Crippen molar-refractivity contribution in [3.8, 4) is 5.75 Å². The molecule has 0 saturated heterocycles. The second-order valence-corrected chi connectivity index (χ2v) is 4.21. The van der Waals surface area contributed by atoms with Gasteiger partial charge in [-0.1, -0.05) is 0 Å². The number of pyridine rings is 1. The zero-order chi connectivity index (χ0) is 15.4. The van der Waals surface area contributed by atoms with Crippen LogP contribution in [0.15, 0.2) is 0 Å². The summed E-state index contributed by atoms with van der Waals surface area (Å²) >= 11 is 0. The van der Waals surface area contributed by atoms with Gasteiger partial charge >= 0.3 is 5.97 Å². The topological polar surface area (TPSA) is 115 Å². The van der Waals surface area contributed by atoms with Crippen LogP contribution in [0.3, 0.4) is 0 Å². The summed E-state index contributed by atoms with van der Waals surface area (Å²) in [4.78, 5) is 25.4. The van der Waals surface area contributed by atoms with E-state index in [1.165, 1.54) is 21.0 Å². The van der Waals surface area contributed by atoms with Crippen molar-refractivity contribution in [3.63, 3.8) is 0 Å². The maximum Gasteiger partial charge on any atom is 0.320 e. The van der Waals surface area contributed by atoms with E-state index in [1.54, 1.807) is 0 Å². The highest BCUT2D eigenvalue weighted by Gasteiger charge is 2.22. The molecule has 110 valence electrons. The number of aromatic nitrogens is 1. The Bertz CT molecular complexity index is 548. The van der Waals surface area contributed by atoms with E-state index < -0.39 is 23.9 Å². The maximum absolute atomic E-state index is 13.9. The lowest BCUT2D eigenvalue weighted by Crippen LogP contribution is -2.33. The quantitative estimate of drug-likeness (QED) is 0.677. The summed E-state index contributed by atoms with van der Waals surface area (Å²) in [6.45, 7) is 2.77. The molecule has 1 heterocycles. The average Bonchev–Trinajstić information content (AvgIpc) is 2.34. The van der Waals surface area contributed by atoms with Gasteiger partial charge in [-0.05, 0) is 6.92 Å². The van der Waals surface area contributed by atoms with E-state index in [1.807, 2.05) is 0 Å². The first-order chi connectivity index (χ1) is 9.27. The molecule has 0 aromatic carbocycles. The lowest BCUT2D eigenvalue weighted by molar-refractivity contribution is -0.138. The first-order valence-electron chi connectivity index (χ1n) is 5.76. The third-order valence-corrected chi connectivity index (χ3v) is 2.65. The highest BCUT2D eigenvalue weighted by Crippen LogP contribution is 2.30. The number of hydrogen-bond donors (Lipinski definition) is 3. The SMILES string of the molecule is COc1c(CC(N)C(=O)O)nc(F)c(NC(C)=O)c1C. The summed E-state index contributed by atoms with van der Waals surface area (Å²) in [6, 6.07) is -1.22. The zero-order valence-corrected chi connectivity index (χ0v) is 11.4. The predicted molar refractivity (Wildman–Crippen MR) is 69.1 cm³/mol. The lowest BCUT2D eigenvalue weighted by Gasteiger charge is -2.16. The molecule has 1 amide bonds. The van der Waals surface area contributed by atoms with E-state index in [-0.39, 0.29) is 23.6 Å². The summed E-state index contributed by atoms with van der Waals surface area (Å²) in [7, 11) is 1.34. The number of anilines is 1. The van der Waals surface area contributed by atoms with Crippen LogP contribution >= 0.6 is 0 Å². The van der Waals surface area contributed by atoms with Crippen molar-refractivity contribution < 1.29 is 23.8 Å². The summed E-state index contributed by atoms with van der Waals surface area (Å²) < 4.78 is 19.0. The van der Waals surface area contributed by atoms with Gasteiger partial charge < -0.3 is 20.9 Å². The molecule has 8 heteroatoms. The fourth-order valence-electron chi connectivity index (χ4n) is 1.74. The fourth-order valence-corrected chi connectivity index (χ4v) is 1.74. The number of carboxylic acids is 1. The molecule has 0 spiro atoms. The first kappa shape index (κ1) is 15.8. The Morgan fingerprint density at radius 3 is 2.60 bits per heavy atom. The number of carboxylic acid groups (broad SMARTS) is 1. The van der Waals surface area contributed by atoms with E-state index in [2.05, 4.69) is 10.3 Å². The number of carbonyl (C=O) groups is 2. The van der Waals surface area contributed by atoms with Crippen molar-refractivity contribution in [1.29, 1.82) is 0 Å². The number of halogens is 1. The summed E-state index contributed by atoms with van der Waals surface area (Å²) in [6.07, 6.45) is -0.184. The highest BCUT2D eigenvalue weighted by molar-refractivity contribution is 5.90. The Hall–Kier alpha value is -2.22. The number of nitrogens with two attached hydrogens (primary N) is 1. The number of methoxy groups -OCH3 is 1.